The van der Waals surface area contributed by atoms with Gasteiger partial charge < -0.3 is 10.1 Å². The zero-order valence-corrected chi connectivity index (χ0v) is 14.4. The number of likely N-dealkylation sites (tertiary alicyclic amines) is 1. The van der Waals surface area contributed by atoms with E-state index in [0.29, 0.717) is 18.2 Å². The van der Waals surface area contributed by atoms with Crippen LogP contribution in [0.25, 0.3) is 0 Å². The van der Waals surface area contributed by atoms with Crippen LogP contribution in [0.2, 0.25) is 5.02 Å². The molecule has 6 heteroatoms. The fourth-order valence-corrected chi connectivity index (χ4v) is 2.97. The second-order valence-corrected chi connectivity index (χ2v) is 6.25. The highest BCUT2D eigenvalue weighted by molar-refractivity contribution is 6.30. The van der Waals surface area contributed by atoms with Crippen LogP contribution in [0.4, 0.5) is 5.69 Å². The molecule has 1 fully saturated rings. The summed E-state index contributed by atoms with van der Waals surface area (Å²) in [5.41, 5.74) is 1.72. The highest BCUT2D eigenvalue weighted by Crippen LogP contribution is 2.21. The van der Waals surface area contributed by atoms with Crippen molar-refractivity contribution >= 4 is 29.2 Å². The fourth-order valence-electron chi connectivity index (χ4n) is 2.75. The summed E-state index contributed by atoms with van der Waals surface area (Å²) < 4.78 is 5.05. The number of rotatable bonds is 5. The number of carbonyl (C=O) groups is 2. The maximum Gasteiger partial charge on any atom is 0.309 e. The Morgan fingerprint density at radius 3 is 2.65 bits per heavy atom. The second kappa shape index (κ2) is 8.31. The van der Waals surface area contributed by atoms with Crippen molar-refractivity contribution in [2.45, 2.75) is 26.7 Å². The molecule has 1 N–H and O–H groups in total. The van der Waals surface area contributed by atoms with Gasteiger partial charge in [-0.25, -0.2) is 0 Å². The zero-order valence-electron chi connectivity index (χ0n) is 13.6. The Hall–Kier alpha value is -1.59. The first-order valence-electron chi connectivity index (χ1n) is 7.94. The number of esters is 1. The van der Waals surface area contributed by atoms with Crippen LogP contribution in [0, 0.1) is 12.8 Å². The first kappa shape index (κ1) is 17.8. The first-order valence-corrected chi connectivity index (χ1v) is 8.32. The molecular formula is C17H23ClN2O3. The largest absolute Gasteiger partial charge is 0.466 e. The Labute approximate surface area is 141 Å². The van der Waals surface area contributed by atoms with Gasteiger partial charge in [-0.15, -0.1) is 0 Å². The lowest BCUT2D eigenvalue weighted by atomic mass is 9.97. The Morgan fingerprint density at radius 1 is 1.35 bits per heavy atom. The smallest absolute Gasteiger partial charge is 0.309 e. The summed E-state index contributed by atoms with van der Waals surface area (Å²) in [5, 5.41) is 3.56. The van der Waals surface area contributed by atoms with E-state index in [0.717, 1.165) is 37.2 Å². The average Bonchev–Trinajstić information content (AvgIpc) is 2.51. The molecule has 1 aliphatic heterocycles. The Morgan fingerprint density at radius 2 is 2.04 bits per heavy atom. The van der Waals surface area contributed by atoms with Gasteiger partial charge in [-0.2, -0.15) is 0 Å². The van der Waals surface area contributed by atoms with Gasteiger partial charge in [-0.3, -0.25) is 14.5 Å². The summed E-state index contributed by atoms with van der Waals surface area (Å²) in [4.78, 5) is 25.9. The average molecular weight is 339 g/mol. The van der Waals surface area contributed by atoms with E-state index in [1.165, 1.54) is 0 Å². The van der Waals surface area contributed by atoms with E-state index in [1.807, 2.05) is 26.0 Å². The number of nitrogens with one attached hydrogen (secondary N) is 1. The van der Waals surface area contributed by atoms with Gasteiger partial charge in [0, 0.05) is 10.7 Å². The number of halogens is 1. The molecule has 0 saturated carbocycles. The van der Waals surface area contributed by atoms with E-state index in [2.05, 4.69) is 10.2 Å². The molecule has 0 spiro atoms. The third-order valence-corrected chi connectivity index (χ3v) is 4.27. The van der Waals surface area contributed by atoms with Gasteiger partial charge in [-0.1, -0.05) is 11.6 Å². The number of piperidine rings is 1. The molecule has 0 bridgehead atoms. The molecule has 2 rings (SSSR count). The summed E-state index contributed by atoms with van der Waals surface area (Å²) in [6.07, 6.45) is 1.48. The molecule has 0 radical (unpaired) electrons. The summed E-state index contributed by atoms with van der Waals surface area (Å²) >= 11 is 5.91. The number of hydrogen-bond donors (Lipinski definition) is 1. The van der Waals surface area contributed by atoms with Crippen molar-refractivity contribution in [1.82, 2.24) is 4.90 Å². The molecular weight excluding hydrogens is 316 g/mol. The Balaban J connectivity index is 1.79. The van der Waals surface area contributed by atoms with Crippen LogP contribution < -0.4 is 5.32 Å². The van der Waals surface area contributed by atoms with Crippen LogP contribution in [0.3, 0.4) is 0 Å². The molecule has 1 saturated heterocycles. The van der Waals surface area contributed by atoms with E-state index in [4.69, 9.17) is 16.3 Å². The molecule has 0 atom stereocenters. The first-order chi connectivity index (χ1) is 11.0. The molecule has 1 heterocycles. The van der Waals surface area contributed by atoms with Crippen LogP contribution in [-0.2, 0) is 14.3 Å². The Kier molecular flexibility index (Phi) is 6.42. The van der Waals surface area contributed by atoms with Gasteiger partial charge in [0.25, 0.3) is 0 Å². The monoisotopic (exact) mass is 338 g/mol. The van der Waals surface area contributed by atoms with Crippen LogP contribution in [-0.4, -0.2) is 43.0 Å². The van der Waals surface area contributed by atoms with E-state index in [1.54, 1.807) is 6.07 Å². The van der Waals surface area contributed by atoms with Gasteiger partial charge in [0.05, 0.1) is 19.1 Å². The predicted octanol–water partition coefficient (Wildman–Crippen LogP) is 2.86. The van der Waals surface area contributed by atoms with Crippen molar-refractivity contribution in [3.05, 3.63) is 28.8 Å². The number of aryl methyl sites for hydroxylation is 1. The van der Waals surface area contributed by atoms with E-state index in [9.17, 15) is 9.59 Å². The number of benzene rings is 1. The minimum Gasteiger partial charge on any atom is -0.466 e. The molecule has 0 aromatic heterocycles. The van der Waals surface area contributed by atoms with E-state index < -0.39 is 0 Å². The Bertz CT molecular complexity index is 569. The van der Waals surface area contributed by atoms with Crippen molar-refractivity contribution in [2.75, 3.05) is 31.6 Å². The highest BCUT2D eigenvalue weighted by Gasteiger charge is 2.26. The molecule has 1 amide bonds. The van der Waals surface area contributed by atoms with E-state index in [-0.39, 0.29) is 17.8 Å². The molecule has 1 aromatic carbocycles. The molecule has 0 aliphatic carbocycles. The number of anilines is 1. The van der Waals surface area contributed by atoms with Crippen molar-refractivity contribution in [2.24, 2.45) is 5.92 Å². The van der Waals surface area contributed by atoms with Gasteiger partial charge in [0.1, 0.15) is 0 Å². The predicted molar refractivity (Wildman–Crippen MR) is 90.6 cm³/mol. The SMILES string of the molecule is CCOC(=O)C1CCN(CC(=O)Nc2ccc(Cl)cc2C)CC1. The lowest BCUT2D eigenvalue weighted by Crippen LogP contribution is -2.41. The molecule has 126 valence electrons. The molecule has 23 heavy (non-hydrogen) atoms. The number of nitrogens with zero attached hydrogens (tertiary/aromatic N) is 1. The van der Waals surface area contributed by atoms with Gasteiger partial charge in [-0.05, 0) is 63.5 Å². The van der Waals surface area contributed by atoms with Crippen LogP contribution in [0.5, 0.6) is 0 Å². The third-order valence-electron chi connectivity index (χ3n) is 4.04. The fraction of sp³-hybridized carbons (Fsp3) is 0.529. The van der Waals surface area contributed by atoms with Crippen LogP contribution in [0.1, 0.15) is 25.3 Å². The molecule has 1 aliphatic rings. The minimum atomic E-state index is -0.117. The van der Waals surface area contributed by atoms with Crippen LogP contribution >= 0.6 is 11.6 Å². The third kappa shape index (κ3) is 5.22. The lowest BCUT2D eigenvalue weighted by molar-refractivity contribution is -0.149. The normalized spacial score (nSPS) is 16.1. The second-order valence-electron chi connectivity index (χ2n) is 5.81. The topological polar surface area (TPSA) is 58.6 Å². The van der Waals surface area contributed by atoms with Gasteiger partial charge >= 0.3 is 5.97 Å². The highest BCUT2D eigenvalue weighted by atomic mass is 35.5. The maximum absolute atomic E-state index is 12.2. The number of hydrogen-bond acceptors (Lipinski definition) is 4. The van der Waals surface area contributed by atoms with Crippen molar-refractivity contribution in [3.8, 4) is 0 Å². The molecule has 0 unspecified atom stereocenters. The zero-order chi connectivity index (χ0) is 16.8. The van der Waals surface area contributed by atoms with Crippen molar-refractivity contribution in [1.29, 1.82) is 0 Å². The maximum atomic E-state index is 12.2. The van der Waals surface area contributed by atoms with Crippen molar-refractivity contribution in [3.63, 3.8) is 0 Å². The number of ether oxygens (including phenoxy) is 1. The van der Waals surface area contributed by atoms with Crippen LogP contribution in [0.15, 0.2) is 18.2 Å². The number of amides is 1. The number of carbonyl (C=O) groups excluding carboxylic acids is 2. The molecule has 5 nitrogen and oxygen atoms in total. The standard InChI is InChI=1S/C17H23ClN2O3/c1-3-23-17(22)13-6-8-20(9-7-13)11-16(21)19-15-5-4-14(18)10-12(15)2/h4-5,10,13H,3,6-9,11H2,1-2H3,(H,19,21). The summed E-state index contributed by atoms with van der Waals surface area (Å²) in [6, 6.07) is 5.39. The van der Waals surface area contributed by atoms with Gasteiger partial charge in [0.2, 0.25) is 5.91 Å². The lowest BCUT2D eigenvalue weighted by Gasteiger charge is -2.30. The minimum absolute atomic E-state index is 0.0345. The van der Waals surface area contributed by atoms with E-state index >= 15 is 0 Å². The van der Waals surface area contributed by atoms with Gasteiger partial charge in [0.15, 0.2) is 0 Å². The quantitative estimate of drug-likeness (QED) is 0.839. The van der Waals surface area contributed by atoms with Crippen molar-refractivity contribution < 1.29 is 14.3 Å². The summed E-state index contributed by atoms with van der Waals surface area (Å²) in [7, 11) is 0. The summed E-state index contributed by atoms with van der Waals surface area (Å²) in [6.45, 7) is 5.94. The summed E-state index contributed by atoms with van der Waals surface area (Å²) in [5.74, 6) is -0.203. The molecule has 1 aromatic rings.